The molecule has 0 bridgehead atoms. The first-order valence-electron chi connectivity index (χ1n) is 3.05. The van der Waals surface area contributed by atoms with Crippen LogP contribution in [0.15, 0.2) is 12.7 Å². The smallest absolute Gasteiger partial charge is 0.0718 e. The van der Waals surface area contributed by atoms with Gasteiger partial charge in [-0.15, -0.1) is 18.9 Å². The summed E-state index contributed by atoms with van der Waals surface area (Å²) >= 11 is 0. The van der Waals surface area contributed by atoms with E-state index in [1.54, 1.807) is 0 Å². The summed E-state index contributed by atoms with van der Waals surface area (Å²) < 4.78 is 0. The van der Waals surface area contributed by atoms with Crippen molar-refractivity contribution >= 4 is 0 Å². The van der Waals surface area contributed by atoms with Gasteiger partial charge in [0.1, 0.15) is 0 Å². The van der Waals surface area contributed by atoms with Gasteiger partial charge in [-0.05, 0) is 12.8 Å². The molecule has 0 saturated heterocycles. The Hall–Kier alpha value is -0.740. The number of rotatable bonds is 4. The minimum absolute atomic E-state index is 0.377. The summed E-state index contributed by atoms with van der Waals surface area (Å²) in [6.45, 7) is 3.44. The van der Waals surface area contributed by atoms with Gasteiger partial charge in [-0.2, -0.15) is 0 Å². The quantitative estimate of drug-likeness (QED) is 0.340. The Labute approximate surface area is 56.4 Å². The zero-order valence-electron chi connectivity index (χ0n) is 5.51. The van der Waals surface area contributed by atoms with E-state index in [1.807, 2.05) is 0 Å². The Bertz CT molecular complexity index is 110. The van der Waals surface area contributed by atoms with Crippen molar-refractivity contribution in [1.82, 2.24) is 0 Å². The normalized spacial score (nSPS) is 12.0. The fraction of sp³-hybridized carbons (Fsp3) is 0.500. The van der Waals surface area contributed by atoms with Crippen LogP contribution in [0.25, 0.3) is 0 Å². The maximum atomic E-state index is 8.90. The van der Waals surface area contributed by atoms with Crippen LogP contribution in [-0.2, 0) is 0 Å². The largest absolute Gasteiger partial charge is 0.389 e. The van der Waals surface area contributed by atoms with Crippen molar-refractivity contribution in [3.8, 4) is 12.3 Å². The molecule has 0 spiro atoms. The molecule has 0 fully saturated rings. The van der Waals surface area contributed by atoms with Crippen LogP contribution in [-0.4, -0.2) is 11.2 Å². The number of aliphatic hydroxyl groups is 1. The third kappa shape index (κ3) is 5.13. The fourth-order valence-corrected chi connectivity index (χ4v) is 0.531. The Balaban J connectivity index is 3.08. The molecule has 0 aliphatic carbocycles. The van der Waals surface area contributed by atoms with Gasteiger partial charge in [0.15, 0.2) is 0 Å². The molecule has 0 saturated carbocycles. The highest BCUT2D eigenvalue weighted by molar-refractivity contribution is 4.85. The van der Waals surface area contributed by atoms with Gasteiger partial charge < -0.3 is 5.11 Å². The van der Waals surface area contributed by atoms with Crippen molar-refractivity contribution < 1.29 is 5.11 Å². The van der Waals surface area contributed by atoms with Crippen LogP contribution >= 0.6 is 0 Å². The molecule has 9 heavy (non-hydrogen) atoms. The van der Waals surface area contributed by atoms with E-state index in [9.17, 15) is 0 Å². The Morgan fingerprint density at radius 2 is 2.44 bits per heavy atom. The number of unbranched alkanes of at least 4 members (excludes halogenated alkanes) is 1. The van der Waals surface area contributed by atoms with Crippen LogP contribution < -0.4 is 0 Å². The minimum Gasteiger partial charge on any atom is -0.389 e. The van der Waals surface area contributed by atoms with Gasteiger partial charge in [0.2, 0.25) is 0 Å². The highest BCUT2D eigenvalue weighted by Crippen LogP contribution is 1.99. The van der Waals surface area contributed by atoms with E-state index in [1.165, 1.54) is 6.08 Å². The van der Waals surface area contributed by atoms with Crippen molar-refractivity contribution in [1.29, 1.82) is 0 Å². The van der Waals surface area contributed by atoms with E-state index in [0.29, 0.717) is 0 Å². The summed E-state index contributed by atoms with van der Waals surface area (Å²) in [5.74, 6) is 2.50. The van der Waals surface area contributed by atoms with Crippen LogP contribution in [0.2, 0.25) is 0 Å². The summed E-state index contributed by atoms with van der Waals surface area (Å²) in [5, 5.41) is 8.90. The lowest BCUT2D eigenvalue weighted by atomic mass is 10.1. The molecule has 0 aliphatic heterocycles. The predicted octanol–water partition coefficient (Wildman–Crippen LogP) is 1.34. The molecule has 1 N–H and O–H groups in total. The van der Waals surface area contributed by atoms with Crippen molar-refractivity contribution in [3.63, 3.8) is 0 Å². The second-order valence-electron chi connectivity index (χ2n) is 1.90. The van der Waals surface area contributed by atoms with Crippen LogP contribution in [0.4, 0.5) is 0 Å². The van der Waals surface area contributed by atoms with Crippen LogP contribution in [0.3, 0.4) is 0 Å². The lowest BCUT2D eigenvalue weighted by Gasteiger charge is -2.00. The Morgan fingerprint density at radius 3 is 2.89 bits per heavy atom. The van der Waals surface area contributed by atoms with Crippen molar-refractivity contribution in [2.45, 2.75) is 25.4 Å². The second-order valence-corrected chi connectivity index (χ2v) is 1.90. The molecule has 1 heteroatoms. The van der Waals surface area contributed by atoms with Crippen LogP contribution in [0, 0.1) is 12.3 Å². The van der Waals surface area contributed by atoms with Crippen LogP contribution in [0.5, 0.6) is 0 Å². The molecular formula is C8H12O. The maximum absolute atomic E-state index is 8.90. The van der Waals surface area contributed by atoms with Gasteiger partial charge in [-0.3, -0.25) is 0 Å². The number of aliphatic hydroxyl groups excluding tert-OH is 1. The molecule has 0 amide bonds. The molecule has 50 valence electrons. The molecule has 0 aromatic carbocycles. The molecule has 0 heterocycles. The number of hydrogen-bond donors (Lipinski definition) is 1. The third-order valence-electron chi connectivity index (χ3n) is 1.09. The zero-order chi connectivity index (χ0) is 7.11. The minimum atomic E-state index is -0.377. The average molecular weight is 124 g/mol. The first kappa shape index (κ1) is 8.26. The predicted molar refractivity (Wildman–Crippen MR) is 38.9 cm³/mol. The van der Waals surface area contributed by atoms with Gasteiger partial charge in [0.25, 0.3) is 0 Å². The summed E-state index contributed by atoms with van der Waals surface area (Å²) in [6.07, 6.45) is 8.50. The van der Waals surface area contributed by atoms with Gasteiger partial charge in [0.05, 0.1) is 6.10 Å². The molecule has 0 radical (unpaired) electrons. The second kappa shape index (κ2) is 5.40. The summed E-state index contributed by atoms with van der Waals surface area (Å²) in [6, 6.07) is 0. The zero-order valence-corrected chi connectivity index (χ0v) is 5.51. The van der Waals surface area contributed by atoms with Crippen molar-refractivity contribution in [3.05, 3.63) is 12.7 Å². The van der Waals surface area contributed by atoms with Crippen molar-refractivity contribution in [2.24, 2.45) is 0 Å². The van der Waals surface area contributed by atoms with E-state index in [2.05, 4.69) is 12.5 Å². The van der Waals surface area contributed by atoms with Crippen molar-refractivity contribution in [2.75, 3.05) is 0 Å². The molecule has 0 unspecified atom stereocenters. The standard InChI is InChI=1S/C8H12O/c1-3-5-6-7-8(9)4-2/h1,4,8-9H,2,5-7H2/t8-/m0/s1. The Kier molecular flexibility index (Phi) is 4.95. The molecule has 0 aromatic rings. The fourth-order valence-electron chi connectivity index (χ4n) is 0.531. The maximum Gasteiger partial charge on any atom is 0.0718 e. The van der Waals surface area contributed by atoms with E-state index >= 15 is 0 Å². The lowest BCUT2D eigenvalue weighted by molar-refractivity contribution is 0.210. The highest BCUT2D eigenvalue weighted by Gasteiger charge is 1.94. The van der Waals surface area contributed by atoms with E-state index in [4.69, 9.17) is 11.5 Å². The van der Waals surface area contributed by atoms with Crippen LogP contribution in [0.1, 0.15) is 19.3 Å². The summed E-state index contributed by atoms with van der Waals surface area (Å²) in [7, 11) is 0. The van der Waals surface area contributed by atoms with Gasteiger partial charge in [0, 0.05) is 6.42 Å². The first-order valence-corrected chi connectivity index (χ1v) is 3.05. The number of hydrogen-bond acceptors (Lipinski definition) is 1. The van der Waals surface area contributed by atoms with Gasteiger partial charge in [-0.25, -0.2) is 0 Å². The topological polar surface area (TPSA) is 20.2 Å². The number of terminal acetylenes is 1. The molecule has 1 nitrogen and oxygen atoms in total. The van der Waals surface area contributed by atoms with E-state index in [0.717, 1.165) is 19.3 Å². The lowest BCUT2D eigenvalue weighted by Crippen LogP contribution is -1.99. The van der Waals surface area contributed by atoms with Gasteiger partial charge >= 0.3 is 0 Å². The summed E-state index contributed by atoms with van der Waals surface area (Å²) in [4.78, 5) is 0. The third-order valence-corrected chi connectivity index (χ3v) is 1.09. The highest BCUT2D eigenvalue weighted by atomic mass is 16.3. The average Bonchev–Trinajstić information content (AvgIpc) is 1.89. The van der Waals surface area contributed by atoms with Gasteiger partial charge in [-0.1, -0.05) is 6.08 Å². The monoisotopic (exact) mass is 124 g/mol. The summed E-state index contributed by atoms with van der Waals surface area (Å²) in [5.41, 5.74) is 0. The molecule has 0 rings (SSSR count). The molecule has 0 aromatic heterocycles. The SMILES string of the molecule is C#CCCC[C@@H](O)C=C. The molecule has 0 aliphatic rings. The molecule has 1 atom stereocenters. The Morgan fingerprint density at radius 1 is 1.78 bits per heavy atom. The first-order chi connectivity index (χ1) is 4.31. The molecular weight excluding hydrogens is 112 g/mol. The van der Waals surface area contributed by atoms with E-state index < -0.39 is 0 Å². The van der Waals surface area contributed by atoms with E-state index in [-0.39, 0.29) is 6.10 Å².